The van der Waals surface area contributed by atoms with Crippen molar-refractivity contribution in [3.63, 3.8) is 0 Å². The number of fused-ring (bicyclic) bond motifs is 5. The topological polar surface area (TPSA) is 194 Å². The van der Waals surface area contributed by atoms with Crippen LogP contribution in [-0.4, -0.2) is 107 Å². The van der Waals surface area contributed by atoms with E-state index in [9.17, 15) is 27.9 Å². The number of aromatic nitrogens is 1. The lowest BCUT2D eigenvalue weighted by atomic mass is 9.86. The Bertz CT molecular complexity index is 2120. The molecule has 4 fully saturated rings. The Hall–Kier alpha value is -4.60. The van der Waals surface area contributed by atoms with Crippen molar-refractivity contribution in [3.8, 4) is 17.4 Å². The summed E-state index contributed by atoms with van der Waals surface area (Å²) < 4.78 is 45.9. The molecule has 3 saturated carbocycles. The number of carbonyl (C=O) groups is 4. The van der Waals surface area contributed by atoms with E-state index < -0.39 is 74.1 Å². The predicted molar refractivity (Wildman–Crippen MR) is 208 cm³/mol. The Morgan fingerprint density at radius 3 is 2.54 bits per heavy atom. The second-order valence-corrected chi connectivity index (χ2v) is 20.1. The molecule has 15 nitrogen and oxygen atoms in total. The summed E-state index contributed by atoms with van der Waals surface area (Å²) in [4.78, 5) is 64.0. The van der Waals surface area contributed by atoms with Gasteiger partial charge in [0.05, 0.1) is 11.3 Å². The molecular weight excluding hydrogens is 755 g/mol. The zero-order chi connectivity index (χ0) is 40.5. The average molecular weight is 808 g/mol. The maximum absolute atomic E-state index is 15.1. The first-order chi connectivity index (χ1) is 27.0. The molecule has 308 valence electrons. The molecule has 3 aliphatic heterocycles. The maximum Gasteiger partial charge on any atom is 0.408 e. The number of nitrogens with zero attached hydrogens (tertiary/aromatic N) is 3. The van der Waals surface area contributed by atoms with Gasteiger partial charge in [0.2, 0.25) is 27.7 Å². The zero-order valence-corrected chi connectivity index (χ0v) is 33.8. The van der Waals surface area contributed by atoms with E-state index in [0.29, 0.717) is 55.8 Å². The Labute approximate surface area is 332 Å². The van der Waals surface area contributed by atoms with Crippen molar-refractivity contribution in [2.24, 2.45) is 23.2 Å². The van der Waals surface area contributed by atoms with Crippen molar-refractivity contribution >= 4 is 44.6 Å². The highest BCUT2D eigenvalue weighted by Crippen LogP contribution is 2.49. The van der Waals surface area contributed by atoms with E-state index in [2.05, 4.69) is 21.9 Å². The smallest absolute Gasteiger partial charge is 0.408 e. The molecule has 2 aromatic rings. The molecule has 1 saturated heterocycles. The normalized spacial score (nSPS) is 31.5. The largest absolute Gasteiger partial charge is 0.486 e. The van der Waals surface area contributed by atoms with Crippen molar-refractivity contribution in [1.29, 1.82) is 0 Å². The summed E-state index contributed by atoms with van der Waals surface area (Å²) in [5, 5.41) is 14.9. The number of ether oxygens (including phenoxy) is 3. The Kier molecular flexibility index (Phi) is 9.88. The fourth-order valence-corrected chi connectivity index (χ4v) is 10.2. The van der Waals surface area contributed by atoms with E-state index >= 15 is 4.79 Å². The Balaban J connectivity index is 1.15. The van der Waals surface area contributed by atoms with Gasteiger partial charge in [-0.2, -0.15) is 0 Å². The number of benzene rings is 1. The van der Waals surface area contributed by atoms with Gasteiger partial charge in [0.25, 0.3) is 5.91 Å². The van der Waals surface area contributed by atoms with Crippen LogP contribution >= 0.6 is 0 Å². The molecule has 7 atom stereocenters. The minimum Gasteiger partial charge on any atom is -0.486 e. The standard InChI is InChI=1S/C41H53N5O10S/c1-24-7-5-6-8-26-21-41(26,37(49)44-57(52,53)40(4)14-15-40)43-34(47)30-20-27(56-35-29-9-10-31-33(55-18-17-54-31)28(29)11-16-42-35)22-45(30)36(48)32(25(2)19-24)46(38(50)51)23-39(3)12-13-39/h6,8-11,16,24-27,30,32H,5,7,12-15,17-23H2,1-4H3,(H,43,47)(H,44,49)(H,50,51)/t24-,25-,26-,27-,30+,32+,41-/m1/s1. The molecule has 0 spiro atoms. The molecule has 3 aliphatic carbocycles. The van der Waals surface area contributed by atoms with Crippen LogP contribution in [0.3, 0.4) is 0 Å². The molecule has 8 rings (SSSR count). The summed E-state index contributed by atoms with van der Waals surface area (Å²) in [5.41, 5.74) is -1.80. The average Bonchev–Trinajstić information content (AvgIpc) is 4.13. The number of sulfonamides is 1. The van der Waals surface area contributed by atoms with E-state index in [4.69, 9.17) is 14.2 Å². The summed E-state index contributed by atoms with van der Waals surface area (Å²) in [6.45, 7) is 8.51. The molecule has 1 aromatic carbocycles. The molecule has 0 bridgehead atoms. The number of carboxylic acid groups (broad SMARTS) is 1. The van der Waals surface area contributed by atoms with Gasteiger partial charge in [-0.25, -0.2) is 18.2 Å². The van der Waals surface area contributed by atoms with E-state index in [1.54, 1.807) is 25.3 Å². The van der Waals surface area contributed by atoms with E-state index in [1.165, 1.54) is 9.80 Å². The molecule has 0 unspecified atom stereocenters. The van der Waals surface area contributed by atoms with Crippen LogP contribution in [0, 0.1) is 23.2 Å². The highest BCUT2D eigenvalue weighted by molar-refractivity contribution is 7.91. The van der Waals surface area contributed by atoms with Gasteiger partial charge in [0.1, 0.15) is 36.9 Å². The van der Waals surface area contributed by atoms with Gasteiger partial charge in [-0.05, 0) is 93.7 Å². The number of allylic oxidation sites excluding steroid dienone is 1. The fourth-order valence-electron chi connectivity index (χ4n) is 8.88. The molecular formula is C41H53N5O10S. The van der Waals surface area contributed by atoms with Crippen LogP contribution in [0.4, 0.5) is 4.79 Å². The van der Waals surface area contributed by atoms with Crippen molar-refractivity contribution in [2.45, 2.75) is 114 Å². The number of rotatable bonds is 8. The van der Waals surface area contributed by atoms with Gasteiger partial charge in [-0.15, -0.1) is 0 Å². The van der Waals surface area contributed by atoms with Gasteiger partial charge >= 0.3 is 6.09 Å². The number of hydrogen-bond donors (Lipinski definition) is 3. The van der Waals surface area contributed by atoms with Crippen molar-refractivity contribution in [2.75, 3.05) is 26.3 Å². The number of pyridine rings is 1. The lowest BCUT2D eigenvalue weighted by Gasteiger charge is -2.38. The lowest BCUT2D eigenvalue weighted by molar-refractivity contribution is -0.144. The first kappa shape index (κ1) is 39.2. The second-order valence-electron chi connectivity index (χ2n) is 17.9. The fraction of sp³-hybridized carbons (Fsp3) is 0.634. The minimum atomic E-state index is -4.02. The van der Waals surface area contributed by atoms with Crippen molar-refractivity contribution in [1.82, 2.24) is 24.8 Å². The van der Waals surface area contributed by atoms with E-state index in [0.717, 1.165) is 24.6 Å². The van der Waals surface area contributed by atoms with Gasteiger partial charge in [-0.3, -0.25) is 24.0 Å². The second kappa shape index (κ2) is 14.3. The zero-order valence-electron chi connectivity index (χ0n) is 33.0. The highest BCUT2D eigenvalue weighted by atomic mass is 32.2. The van der Waals surface area contributed by atoms with Crippen LogP contribution in [0.1, 0.15) is 85.5 Å². The molecule has 4 amide bonds. The summed E-state index contributed by atoms with van der Waals surface area (Å²) in [7, 11) is -4.02. The van der Waals surface area contributed by atoms with Gasteiger partial charge in [-0.1, -0.05) is 32.9 Å². The highest BCUT2D eigenvalue weighted by Gasteiger charge is 2.63. The monoisotopic (exact) mass is 807 g/mol. The van der Waals surface area contributed by atoms with Crippen LogP contribution in [0.5, 0.6) is 17.4 Å². The van der Waals surface area contributed by atoms with Gasteiger partial charge < -0.3 is 29.5 Å². The van der Waals surface area contributed by atoms with Crippen LogP contribution in [0.25, 0.3) is 10.8 Å². The SMILES string of the molecule is C[C@@H]1CCC=C[C@@H]2C[C@@]2(C(=O)NS(=O)(=O)C2(C)CC2)NC(=O)[C@@H]2C[C@@H](Oc3nccc4c5c(ccc34)OCCO5)CN2C(=O)[C@@H](N(CC2(C)CC2)C(=O)O)[C@H](C)C1. The van der Waals surface area contributed by atoms with Crippen LogP contribution < -0.4 is 24.2 Å². The summed E-state index contributed by atoms with van der Waals surface area (Å²) in [6, 6.07) is 3.14. The number of nitrogens with one attached hydrogen (secondary N) is 2. The van der Waals surface area contributed by atoms with Crippen LogP contribution in [0.15, 0.2) is 36.5 Å². The third-order valence-electron chi connectivity index (χ3n) is 13.1. The van der Waals surface area contributed by atoms with Crippen molar-refractivity contribution < 1.29 is 46.9 Å². The quantitative estimate of drug-likeness (QED) is 0.321. The lowest BCUT2D eigenvalue weighted by Crippen LogP contribution is -2.60. The Morgan fingerprint density at radius 1 is 1.07 bits per heavy atom. The molecule has 4 heterocycles. The molecule has 0 radical (unpaired) electrons. The van der Waals surface area contributed by atoms with Gasteiger partial charge in [0, 0.05) is 35.9 Å². The summed E-state index contributed by atoms with van der Waals surface area (Å²) in [6.07, 6.45) is 8.18. The predicted octanol–water partition coefficient (Wildman–Crippen LogP) is 4.39. The van der Waals surface area contributed by atoms with Crippen LogP contribution in [0.2, 0.25) is 0 Å². The number of hydrogen-bond acceptors (Lipinski definition) is 10. The first-order valence-electron chi connectivity index (χ1n) is 20.2. The molecule has 6 aliphatic rings. The first-order valence-corrected chi connectivity index (χ1v) is 21.7. The van der Waals surface area contributed by atoms with E-state index in [1.807, 2.05) is 32.1 Å². The number of amides is 4. The molecule has 1 aromatic heterocycles. The van der Waals surface area contributed by atoms with Crippen molar-refractivity contribution in [3.05, 3.63) is 36.5 Å². The third kappa shape index (κ3) is 7.49. The minimum absolute atomic E-state index is 0.0110. The summed E-state index contributed by atoms with van der Waals surface area (Å²) >= 11 is 0. The van der Waals surface area contributed by atoms with Crippen LogP contribution in [-0.2, 0) is 24.4 Å². The molecule has 16 heteroatoms. The molecule has 57 heavy (non-hydrogen) atoms. The molecule has 3 N–H and O–H groups in total. The van der Waals surface area contributed by atoms with E-state index in [-0.39, 0.29) is 43.1 Å². The third-order valence-corrected chi connectivity index (χ3v) is 15.3. The summed E-state index contributed by atoms with van der Waals surface area (Å²) in [5.74, 6) is -1.27. The van der Waals surface area contributed by atoms with Gasteiger partial charge in [0.15, 0.2) is 11.5 Å². The maximum atomic E-state index is 15.1. The Morgan fingerprint density at radius 2 is 1.82 bits per heavy atom. The number of carbonyl (C=O) groups excluding carboxylic acids is 3.